The van der Waals surface area contributed by atoms with Crippen molar-refractivity contribution >= 4 is 57.3 Å². The molecule has 26 heavy (non-hydrogen) atoms. The second-order valence-corrected chi connectivity index (χ2v) is 7.63. The quantitative estimate of drug-likeness (QED) is 0.262. The summed E-state index contributed by atoms with van der Waals surface area (Å²) in [4.78, 5) is 0.840. The number of rotatable bonds is 4. The standard InChI is InChI=1S/C19H14ClFN2OS2/c1-12-5-6-13(11-14(12)21)22-19(25)17(23-9-3-2-4-10-23)18(24)15-7-8-16(20)26-15/h2-11H,1H3,(H-,22,24,25)/p+1. The van der Waals surface area contributed by atoms with Gasteiger partial charge in [-0.2, -0.15) is 4.57 Å². The number of thiophene rings is 1. The second kappa shape index (κ2) is 7.95. The van der Waals surface area contributed by atoms with Crippen molar-refractivity contribution in [2.75, 3.05) is 5.32 Å². The smallest absolute Gasteiger partial charge is 0.289 e. The molecule has 3 aromatic rings. The first kappa shape index (κ1) is 18.5. The molecule has 0 unspecified atom stereocenters. The summed E-state index contributed by atoms with van der Waals surface area (Å²) in [6.07, 6.45) is 3.54. The summed E-state index contributed by atoms with van der Waals surface area (Å²) in [5.74, 6) is -0.340. The van der Waals surface area contributed by atoms with E-state index in [-0.39, 0.29) is 16.6 Å². The van der Waals surface area contributed by atoms with Crippen molar-refractivity contribution in [3.05, 3.63) is 81.5 Å². The summed E-state index contributed by atoms with van der Waals surface area (Å²) >= 11 is 12.7. The van der Waals surface area contributed by atoms with E-state index < -0.39 is 0 Å². The highest BCUT2D eigenvalue weighted by atomic mass is 35.5. The van der Waals surface area contributed by atoms with Gasteiger partial charge in [0.25, 0.3) is 5.70 Å². The molecule has 0 spiro atoms. The number of hydrogen-bond donors (Lipinski definition) is 2. The predicted octanol–water partition coefficient (Wildman–Crippen LogP) is 5.46. The first-order valence-corrected chi connectivity index (χ1v) is 9.29. The lowest BCUT2D eigenvalue weighted by molar-refractivity contribution is -0.575. The Balaban J connectivity index is 2.03. The molecule has 2 heterocycles. The number of aliphatic hydroxyl groups is 1. The average molecular weight is 406 g/mol. The van der Waals surface area contributed by atoms with Crippen molar-refractivity contribution in [3.8, 4) is 0 Å². The zero-order chi connectivity index (χ0) is 18.7. The molecule has 1 aromatic carbocycles. The minimum atomic E-state index is -0.329. The zero-order valence-corrected chi connectivity index (χ0v) is 16.1. The van der Waals surface area contributed by atoms with Crippen LogP contribution in [0.25, 0.3) is 11.5 Å². The number of benzene rings is 1. The van der Waals surface area contributed by atoms with Gasteiger partial charge in [0.05, 0.1) is 9.21 Å². The third-order valence-corrected chi connectivity index (χ3v) is 5.18. The van der Waals surface area contributed by atoms with Crippen molar-refractivity contribution in [1.29, 1.82) is 0 Å². The second-order valence-electron chi connectivity index (χ2n) is 5.50. The van der Waals surface area contributed by atoms with Gasteiger partial charge in [-0.05, 0) is 36.8 Å². The van der Waals surface area contributed by atoms with E-state index in [0.29, 0.717) is 26.2 Å². The number of nitrogens with one attached hydrogen (secondary N) is 1. The molecule has 7 heteroatoms. The fourth-order valence-electron chi connectivity index (χ4n) is 2.31. The van der Waals surface area contributed by atoms with E-state index in [0.717, 1.165) is 0 Å². The topological polar surface area (TPSA) is 36.1 Å². The molecule has 0 aliphatic rings. The number of anilines is 1. The average Bonchev–Trinajstić information content (AvgIpc) is 3.06. The Morgan fingerprint density at radius 3 is 2.54 bits per heavy atom. The molecular weight excluding hydrogens is 391 g/mol. The molecule has 0 saturated carbocycles. The van der Waals surface area contributed by atoms with E-state index in [4.69, 9.17) is 23.8 Å². The highest BCUT2D eigenvalue weighted by molar-refractivity contribution is 7.81. The van der Waals surface area contributed by atoms with Gasteiger partial charge in [-0.1, -0.05) is 36.0 Å². The van der Waals surface area contributed by atoms with Crippen LogP contribution in [0.1, 0.15) is 10.4 Å². The molecule has 0 atom stereocenters. The molecule has 0 radical (unpaired) electrons. The third kappa shape index (κ3) is 4.09. The van der Waals surface area contributed by atoms with Gasteiger partial charge in [-0.3, -0.25) is 0 Å². The first-order valence-electron chi connectivity index (χ1n) is 7.69. The van der Waals surface area contributed by atoms with Crippen LogP contribution in [0.5, 0.6) is 0 Å². The summed E-state index contributed by atoms with van der Waals surface area (Å²) in [6.45, 7) is 1.69. The van der Waals surface area contributed by atoms with Gasteiger partial charge in [0, 0.05) is 17.8 Å². The fourth-order valence-corrected chi connectivity index (χ4v) is 3.62. The van der Waals surface area contributed by atoms with Crippen molar-refractivity contribution in [1.82, 2.24) is 0 Å². The van der Waals surface area contributed by atoms with Gasteiger partial charge in [0.15, 0.2) is 17.4 Å². The van der Waals surface area contributed by atoms with Crippen LogP contribution in [0, 0.1) is 12.7 Å². The highest BCUT2D eigenvalue weighted by Gasteiger charge is 2.24. The number of thiocarbonyl (C=S) groups is 1. The molecule has 132 valence electrons. The Bertz CT molecular complexity index is 986. The van der Waals surface area contributed by atoms with Gasteiger partial charge >= 0.3 is 0 Å². The van der Waals surface area contributed by atoms with Gasteiger partial charge in [-0.15, -0.1) is 11.3 Å². The maximum absolute atomic E-state index is 13.8. The summed E-state index contributed by atoms with van der Waals surface area (Å²) in [7, 11) is 0. The van der Waals surface area contributed by atoms with E-state index in [1.54, 1.807) is 48.1 Å². The van der Waals surface area contributed by atoms with Crippen LogP contribution in [0.4, 0.5) is 10.1 Å². The van der Waals surface area contributed by atoms with E-state index in [2.05, 4.69) is 5.32 Å². The van der Waals surface area contributed by atoms with E-state index >= 15 is 0 Å². The van der Waals surface area contributed by atoms with Crippen molar-refractivity contribution in [2.24, 2.45) is 0 Å². The molecule has 3 rings (SSSR count). The SMILES string of the molecule is Cc1ccc(NC(=S)C(=C(O)c2ccc(Cl)s2)[n+]2ccccc2)cc1F. The molecule has 2 N–H and O–H groups in total. The number of nitrogens with zero attached hydrogens (tertiary/aromatic N) is 1. The highest BCUT2D eigenvalue weighted by Crippen LogP contribution is 2.29. The van der Waals surface area contributed by atoms with Gasteiger partial charge in [-0.25, -0.2) is 4.39 Å². The normalized spacial score (nSPS) is 11.8. The van der Waals surface area contributed by atoms with Gasteiger partial charge in [0.1, 0.15) is 5.82 Å². The van der Waals surface area contributed by atoms with Gasteiger partial charge in [0.2, 0.25) is 5.76 Å². The lowest BCUT2D eigenvalue weighted by Crippen LogP contribution is -2.38. The van der Waals surface area contributed by atoms with Gasteiger partial charge < -0.3 is 10.4 Å². The first-order chi connectivity index (χ1) is 12.5. The van der Waals surface area contributed by atoms with Crippen LogP contribution in [0.3, 0.4) is 0 Å². The molecule has 3 nitrogen and oxygen atoms in total. The number of pyridine rings is 1. The Kier molecular flexibility index (Phi) is 5.66. The summed E-state index contributed by atoms with van der Waals surface area (Å²) in [6, 6.07) is 13.7. The Labute approximate surface area is 165 Å². The molecule has 0 bridgehead atoms. The lowest BCUT2D eigenvalue weighted by Gasteiger charge is -2.10. The fraction of sp³-hybridized carbons (Fsp3) is 0.0526. The summed E-state index contributed by atoms with van der Waals surface area (Å²) in [5.41, 5.74) is 1.43. The monoisotopic (exact) mass is 405 g/mol. The van der Waals surface area contributed by atoms with Crippen LogP contribution >= 0.6 is 35.2 Å². The molecule has 2 aromatic heterocycles. The number of aryl methyl sites for hydroxylation is 1. The maximum atomic E-state index is 13.8. The number of hydrogen-bond acceptors (Lipinski definition) is 3. The van der Waals surface area contributed by atoms with Crippen molar-refractivity contribution in [2.45, 2.75) is 6.92 Å². The minimum Gasteiger partial charge on any atom is -0.501 e. The Morgan fingerprint density at radius 2 is 1.92 bits per heavy atom. The van der Waals surface area contributed by atoms with E-state index in [1.165, 1.54) is 17.4 Å². The van der Waals surface area contributed by atoms with Crippen LogP contribution in [-0.4, -0.2) is 10.1 Å². The van der Waals surface area contributed by atoms with E-state index in [9.17, 15) is 9.50 Å². The van der Waals surface area contributed by atoms with Crippen LogP contribution in [-0.2, 0) is 0 Å². The molecule has 0 aliphatic heterocycles. The number of aromatic nitrogens is 1. The molecule has 0 saturated heterocycles. The predicted molar refractivity (Wildman–Crippen MR) is 109 cm³/mol. The number of halogens is 2. The number of aliphatic hydroxyl groups excluding tert-OH is 1. The largest absolute Gasteiger partial charge is 0.501 e. The van der Waals surface area contributed by atoms with Crippen molar-refractivity contribution < 1.29 is 14.1 Å². The van der Waals surface area contributed by atoms with Crippen LogP contribution in [0.2, 0.25) is 4.34 Å². The van der Waals surface area contributed by atoms with Crippen LogP contribution < -0.4 is 9.88 Å². The molecule has 0 aliphatic carbocycles. The van der Waals surface area contributed by atoms with E-state index in [1.807, 2.05) is 18.2 Å². The third-order valence-electron chi connectivity index (χ3n) is 3.65. The summed E-state index contributed by atoms with van der Waals surface area (Å²) in [5, 5.41) is 13.8. The zero-order valence-electron chi connectivity index (χ0n) is 13.7. The van der Waals surface area contributed by atoms with Crippen molar-refractivity contribution in [3.63, 3.8) is 0 Å². The molecular formula is C19H15ClFN2OS2+. The molecule has 0 fully saturated rings. The molecule has 0 amide bonds. The maximum Gasteiger partial charge on any atom is 0.289 e. The minimum absolute atomic E-state index is 0.0109. The summed E-state index contributed by atoms with van der Waals surface area (Å²) < 4.78 is 16.1. The Morgan fingerprint density at radius 1 is 1.19 bits per heavy atom. The Hall–Kier alpha value is -2.28. The van der Waals surface area contributed by atoms with Crippen LogP contribution in [0.15, 0.2) is 60.9 Å². The lowest BCUT2D eigenvalue weighted by atomic mass is 10.2.